The van der Waals surface area contributed by atoms with Crippen LogP contribution in [0.15, 0.2) is 25.3 Å². The summed E-state index contributed by atoms with van der Waals surface area (Å²) in [6.45, 7) is -4.55. The van der Waals surface area contributed by atoms with Gasteiger partial charge in [0, 0.05) is 0 Å². The molecule has 0 fully saturated rings. The van der Waals surface area contributed by atoms with Crippen molar-refractivity contribution in [3.8, 4) is 0 Å². The predicted octanol–water partition coefficient (Wildman–Crippen LogP) is -2.31. The second kappa shape index (κ2) is 17.0. The lowest BCUT2D eigenvalue weighted by atomic mass is 10.4. The van der Waals surface area contributed by atoms with Gasteiger partial charge in [0.15, 0.2) is 35.4 Å². The highest BCUT2D eigenvalue weighted by atomic mass is 31.3. The average Bonchev–Trinajstić information content (AvgIpc) is 3.68. The monoisotopic (exact) mass is 823 g/mol. The Morgan fingerprint density at radius 2 is 1.13 bits per heavy atom. The number of nitrogens with one attached hydrogen (secondary N) is 1. The number of anilines is 2. The molecule has 4 aromatic rings. The first-order chi connectivity index (χ1) is 24.3. The van der Waals surface area contributed by atoms with Crippen LogP contribution < -0.4 is 16.3 Å². The summed E-state index contributed by atoms with van der Waals surface area (Å²) in [6.07, 6.45) is -2.74. The molecule has 0 amide bonds. The molecule has 32 heteroatoms. The van der Waals surface area contributed by atoms with Crippen molar-refractivity contribution in [3.05, 3.63) is 25.3 Å². The van der Waals surface area contributed by atoms with Crippen LogP contribution in [0.1, 0.15) is 12.5 Å². The third-order valence-corrected chi connectivity index (χ3v) is 13.4. The van der Waals surface area contributed by atoms with E-state index < -0.39 is 94.8 Å². The average molecular weight is 823 g/mol. The molecule has 0 aliphatic heterocycles. The summed E-state index contributed by atoms with van der Waals surface area (Å²) in [7, 11) is -22.8. The van der Waals surface area contributed by atoms with Crippen LogP contribution in [0.2, 0.25) is 0 Å². The fraction of sp³-hybridized carbons (Fsp3) is 0.500. The summed E-state index contributed by atoms with van der Waals surface area (Å²) in [4.78, 5) is 64.6. The Morgan fingerprint density at radius 1 is 0.673 bits per heavy atom. The van der Waals surface area contributed by atoms with Crippen LogP contribution in [0.3, 0.4) is 0 Å². The molecule has 8 atom stereocenters. The number of aromatic nitrogens is 8. The Labute approximate surface area is 290 Å². The Bertz CT molecular complexity index is 2040. The van der Waals surface area contributed by atoms with E-state index in [9.17, 15) is 58.3 Å². The van der Waals surface area contributed by atoms with E-state index in [1.807, 2.05) is 0 Å². The first-order valence-electron chi connectivity index (χ1n) is 14.1. The van der Waals surface area contributed by atoms with Crippen molar-refractivity contribution in [3.63, 3.8) is 0 Å². The maximum atomic E-state index is 12.7. The van der Waals surface area contributed by atoms with Crippen molar-refractivity contribution in [1.29, 1.82) is 0 Å². The van der Waals surface area contributed by atoms with E-state index in [1.54, 1.807) is 0 Å². The van der Waals surface area contributed by atoms with Gasteiger partial charge in [-0.05, 0) is 0 Å². The third kappa shape index (κ3) is 10.8. The van der Waals surface area contributed by atoms with Gasteiger partial charge >= 0.3 is 30.9 Å². The Morgan fingerprint density at radius 3 is 1.60 bits per heavy atom. The summed E-state index contributed by atoms with van der Waals surface area (Å²) in [6, 6.07) is 0. The number of phosphoric acid groups is 1. The second-order valence-corrected chi connectivity index (χ2v) is 17.2. The Kier molecular flexibility index (Phi) is 13.7. The summed E-state index contributed by atoms with van der Waals surface area (Å²) in [5.74, 6) is -0.0220. The summed E-state index contributed by atoms with van der Waals surface area (Å²) in [5, 5.41) is 39.1. The molecule has 4 unspecified atom stereocenters. The Balaban J connectivity index is 1.34. The van der Waals surface area contributed by atoms with Crippen LogP contribution in [0.25, 0.3) is 22.3 Å². The molecule has 4 aromatic heterocycles. The highest BCUT2D eigenvalue weighted by molar-refractivity contribution is 7.74. The minimum Gasteiger partial charge on any atom is -0.394 e. The number of nitrogens with two attached hydrogens (primary N) is 2. The van der Waals surface area contributed by atoms with Gasteiger partial charge < -0.3 is 60.9 Å². The summed E-state index contributed by atoms with van der Waals surface area (Å²) >= 11 is 0. The lowest BCUT2D eigenvalue weighted by Crippen LogP contribution is -2.30. The minimum atomic E-state index is -5.91. The summed E-state index contributed by atoms with van der Waals surface area (Å²) in [5.41, 5.74) is 11.9. The van der Waals surface area contributed by atoms with Crippen LogP contribution in [-0.2, 0) is 40.9 Å². The van der Waals surface area contributed by atoms with E-state index in [0.717, 1.165) is 28.4 Å². The number of nitrogen functional groups attached to an aromatic ring is 2. The van der Waals surface area contributed by atoms with E-state index in [-0.39, 0.29) is 34.0 Å². The molecule has 28 nitrogen and oxygen atoms in total. The predicted molar refractivity (Wildman–Crippen MR) is 171 cm³/mol. The first-order valence-corrected chi connectivity index (χ1v) is 20.5. The van der Waals surface area contributed by atoms with E-state index in [0.29, 0.717) is 0 Å². The van der Waals surface area contributed by atoms with Crippen LogP contribution in [-0.4, -0.2) is 130 Å². The number of nitrogens with zero attached hydrogens (tertiary/aromatic N) is 8. The van der Waals surface area contributed by atoms with Crippen LogP contribution in [0, 0.1) is 0 Å². The molecular formula is C20H33N11O17P4. The zero-order valence-corrected chi connectivity index (χ0v) is 29.7. The first kappa shape index (κ1) is 41.8. The molecular weight excluding hydrogens is 790 g/mol. The summed E-state index contributed by atoms with van der Waals surface area (Å²) < 4.78 is 76.2. The van der Waals surface area contributed by atoms with Gasteiger partial charge in [0.2, 0.25) is 0 Å². The number of aliphatic hydroxyl groups is 4. The van der Waals surface area contributed by atoms with Crippen LogP contribution in [0.4, 0.5) is 11.6 Å². The number of fused-ring (bicyclic) bond motifs is 2. The topological polar surface area (TPSA) is 428 Å². The number of rotatable bonds is 21. The highest BCUT2D eigenvalue weighted by Gasteiger charge is 2.44. The van der Waals surface area contributed by atoms with Gasteiger partial charge in [0.1, 0.15) is 29.8 Å². The van der Waals surface area contributed by atoms with Gasteiger partial charge in [-0.1, -0.05) is 0 Å². The number of imidazole rings is 2. The molecule has 0 saturated carbocycles. The van der Waals surface area contributed by atoms with Crippen molar-refractivity contribution in [1.82, 2.24) is 43.9 Å². The molecule has 0 aliphatic rings. The molecule has 4 rings (SSSR count). The quantitative estimate of drug-likeness (QED) is 0.0393. The van der Waals surface area contributed by atoms with Gasteiger partial charge in [0.25, 0.3) is 0 Å². The van der Waals surface area contributed by atoms with Crippen LogP contribution >= 0.6 is 30.9 Å². The number of hydrogen-bond donors (Lipinski definition) is 11. The number of phosphoric ester groups is 1. The molecule has 0 saturated heterocycles. The molecule has 0 aromatic carbocycles. The van der Waals surface area contributed by atoms with Crippen molar-refractivity contribution < 1.29 is 80.9 Å². The van der Waals surface area contributed by atoms with Gasteiger partial charge in [-0.25, -0.2) is 47.9 Å². The molecule has 290 valence electrons. The van der Waals surface area contributed by atoms with E-state index in [4.69, 9.17) is 20.9 Å². The smallest absolute Gasteiger partial charge is 0.394 e. The van der Waals surface area contributed by atoms with Crippen molar-refractivity contribution in [2.75, 3.05) is 50.7 Å². The van der Waals surface area contributed by atoms with Gasteiger partial charge in [-0.2, -0.15) is 4.31 Å². The van der Waals surface area contributed by atoms with E-state index >= 15 is 0 Å². The van der Waals surface area contributed by atoms with Gasteiger partial charge in [0.05, 0.1) is 58.0 Å². The lowest BCUT2D eigenvalue weighted by Gasteiger charge is -2.26. The maximum absolute atomic E-state index is 12.7. The van der Waals surface area contributed by atoms with Crippen molar-refractivity contribution in [2.24, 2.45) is 0 Å². The SMILES string of the molecule is Nc1ncnc2c1ncn2[C@@H](CO)O[C@@H](CO)COP(=O)(O)OP(=O)(O)NP(=O)(O)OP(=O)(O)C[C@H](CO)O[C@H](CO)n1cnc2c(N)ncnc21. The minimum absolute atomic E-state index is 0.000395. The highest BCUT2D eigenvalue weighted by Crippen LogP contribution is 2.66. The normalized spacial score (nSPS) is 19.3. The van der Waals surface area contributed by atoms with Crippen molar-refractivity contribution in [2.45, 2.75) is 24.7 Å². The maximum Gasteiger partial charge on any atom is 0.480 e. The van der Waals surface area contributed by atoms with Crippen molar-refractivity contribution >= 4 is 64.9 Å². The van der Waals surface area contributed by atoms with Gasteiger partial charge in [-0.3, -0.25) is 18.2 Å². The van der Waals surface area contributed by atoms with E-state index in [1.165, 1.54) is 10.9 Å². The standard InChI is InChI=1S/C20H33N11O17P4/c21-17-15-19(25-7-23-17)30(9-27-15)13(3-34)45-11(1-32)5-44-52(42,43)48-51(40,41)29-50(38,39)47-49(36,37)6-12(2-33)46-14(4-35)31-10-28-16-18(22)24-8-26-20(16)31/h7-14,32-35H,1-6H2,(H,36,37)(H,42,43)(H2,21,23,25)(H2,22,24,26)(H3,29,38,39,40,41)/t11-,12-,13+,14+/m0/s1. The molecule has 0 bridgehead atoms. The van der Waals surface area contributed by atoms with Gasteiger partial charge in [-0.15, -0.1) is 4.86 Å². The molecule has 4 heterocycles. The molecule has 0 radical (unpaired) electrons. The largest absolute Gasteiger partial charge is 0.480 e. The molecule has 52 heavy (non-hydrogen) atoms. The third-order valence-electron chi connectivity index (χ3n) is 6.38. The number of aliphatic hydroxyl groups excluding tert-OH is 4. The lowest BCUT2D eigenvalue weighted by molar-refractivity contribution is -0.109. The van der Waals surface area contributed by atoms with E-state index in [2.05, 4.69) is 43.0 Å². The Hall–Kier alpha value is -2.94. The zero-order chi connectivity index (χ0) is 38.5. The molecule has 13 N–H and O–H groups in total. The zero-order valence-electron chi connectivity index (χ0n) is 26.1. The number of hydrogen-bond acceptors (Lipinski definition) is 21. The fourth-order valence-electron chi connectivity index (χ4n) is 4.28. The second-order valence-electron chi connectivity index (χ2n) is 10.2. The molecule has 0 spiro atoms. The fourth-order valence-corrected chi connectivity index (χ4v) is 10.5. The molecule has 0 aliphatic carbocycles. The number of ether oxygens (including phenoxy) is 2. The van der Waals surface area contributed by atoms with Crippen LogP contribution in [0.5, 0.6) is 0 Å².